The van der Waals surface area contributed by atoms with E-state index in [9.17, 15) is 0 Å². The number of hydrazone groups is 1. The van der Waals surface area contributed by atoms with Crippen molar-refractivity contribution in [3.8, 4) is 17.9 Å². The van der Waals surface area contributed by atoms with E-state index in [1.54, 1.807) is 31.5 Å². The Labute approximate surface area is 103 Å². The van der Waals surface area contributed by atoms with Gasteiger partial charge in [0.05, 0.1) is 18.3 Å². The average molecular weight is 239 g/mol. The lowest BCUT2D eigenvalue weighted by molar-refractivity contribution is 0.415. The molecule has 0 bridgehead atoms. The van der Waals surface area contributed by atoms with Gasteiger partial charge >= 0.3 is 0 Å². The van der Waals surface area contributed by atoms with Gasteiger partial charge in [0.25, 0.3) is 0 Å². The van der Waals surface area contributed by atoms with Crippen molar-refractivity contribution in [3.05, 3.63) is 24.4 Å². The van der Waals surface area contributed by atoms with Gasteiger partial charge in [0.15, 0.2) is 0 Å². The maximum absolute atomic E-state index is 8.60. The van der Waals surface area contributed by atoms with Crippen LogP contribution in [0.4, 0.5) is 5.69 Å². The third-order valence-electron chi connectivity index (χ3n) is 2.37. The van der Waals surface area contributed by atoms with Crippen molar-refractivity contribution in [2.24, 2.45) is 5.10 Å². The number of hydrogen-bond acceptors (Lipinski definition) is 5. The second-order valence-corrected chi connectivity index (χ2v) is 3.41. The lowest BCUT2D eigenvalue weighted by Crippen LogP contribution is -1.97. The smallest absolute Gasteiger partial charge is 0.237 e. The number of nitrogens with zero attached hydrogens (tertiary/aromatic N) is 3. The van der Waals surface area contributed by atoms with E-state index in [4.69, 9.17) is 15.3 Å². The molecule has 0 unspecified atom stereocenters. The van der Waals surface area contributed by atoms with Crippen molar-refractivity contribution < 1.29 is 4.74 Å². The van der Waals surface area contributed by atoms with Crippen LogP contribution >= 0.6 is 0 Å². The monoisotopic (exact) mass is 239 g/mol. The number of methoxy groups -OCH3 is 1. The Bertz CT molecular complexity index is 671. The molecule has 0 fully saturated rings. The summed E-state index contributed by atoms with van der Waals surface area (Å²) in [5.41, 5.74) is 3.91. The van der Waals surface area contributed by atoms with E-state index < -0.39 is 0 Å². The lowest BCUT2D eigenvalue weighted by atomic mass is 10.2. The van der Waals surface area contributed by atoms with Gasteiger partial charge in [-0.1, -0.05) is 0 Å². The topological polar surface area (TPSA) is 97.0 Å². The van der Waals surface area contributed by atoms with Crippen LogP contribution in [0.2, 0.25) is 0 Å². The van der Waals surface area contributed by atoms with Gasteiger partial charge in [0, 0.05) is 17.6 Å². The Kier molecular flexibility index (Phi) is 3.13. The minimum atomic E-state index is -0.238. The second-order valence-electron chi connectivity index (χ2n) is 3.41. The van der Waals surface area contributed by atoms with Crippen LogP contribution in [0.3, 0.4) is 0 Å². The lowest BCUT2D eigenvalue weighted by Gasteiger charge is -2.05. The average Bonchev–Trinajstić information content (AvgIpc) is 2.87. The zero-order chi connectivity index (χ0) is 13.0. The van der Waals surface area contributed by atoms with Crippen LogP contribution in [0, 0.1) is 22.7 Å². The molecule has 1 aromatic carbocycles. The summed E-state index contributed by atoms with van der Waals surface area (Å²) in [7, 11) is 1.57. The third kappa shape index (κ3) is 2.08. The number of aromatic nitrogens is 1. The van der Waals surface area contributed by atoms with Crippen molar-refractivity contribution in [2.45, 2.75) is 0 Å². The molecule has 6 nitrogen and oxygen atoms in total. The zero-order valence-electron chi connectivity index (χ0n) is 9.56. The SMILES string of the molecule is COc1cc(NN=C(C#N)C#N)c2[nH]ccc2c1. The number of H-pyrrole nitrogens is 1. The Morgan fingerprint density at radius 1 is 1.39 bits per heavy atom. The Hall–Kier alpha value is -2.99. The fourth-order valence-corrected chi connectivity index (χ4v) is 1.54. The molecule has 0 aliphatic rings. The summed E-state index contributed by atoms with van der Waals surface area (Å²) in [4.78, 5) is 3.05. The van der Waals surface area contributed by atoms with Gasteiger partial charge in [0.1, 0.15) is 17.9 Å². The standard InChI is InChI=1S/C12H9N5O/c1-18-10-4-8-2-3-15-12(8)11(5-10)17-16-9(6-13)7-14/h2-5,15,17H,1H3. The first-order chi connectivity index (χ1) is 8.78. The van der Waals surface area contributed by atoms with E-state index >= 15 is 0 Å². The Balaban J connectivity index is 2.44. The molecule has 6 heteroatoms. The number of nitriles is 2. The van der Waals surface area contributed by atoms with Gasteiger partial charge in [0.2, 0.25) is 5.71 Å². The summed E-state index contributed by atoms with van der Waals surface area (Å²) < 4.78 is 5.16. The summed E-state index contributed by atoms with van der Waals surface area (Å²) in [6.45, 7) is 0. The quantitative estimate of drug-likeness (QED) is 0.632. The number of anilines is 1. The van der Waals surface area contributed by atoms with E-state index in [-0.39, 0.29) is 5.71 Å². The van der Waals surface area contributed by atoms with Gasteiger partial charge in [-0.3, -0.25) is 5.43 Å². The third-order valence-corrected chi connectivity index (χ3v) is 2.37. The number of benzene rings is 1. The van der Waals surface area contributed by atoms with Crippen LogP contribution in [-0.2, 0) is 0 Å². The Morgan fingerprint density at radius 2 is 2.17 bits per heavy atom. The summed E-state index contributed by atoms with van der Waals surface area (Å²) in [6, 6.07) is 8.85. The minimum absolute atomic E-state index is 0.238. The van der Waals surface area contributed by atoms with Crippen LogP contribution in [0.1, 0.15) is 0 Å². The molecular formula is C12H9N5O. The molecule has 0 atom stereocenters. The predicted molar refractivity (Wildman–Crippen MR) is 67.1 cm³/mol. The molecule has 18 heavy (non-hydrogen) atoms. The second kappa shape index (κ2) is 4.89. The fraction of sp³-hybridized carbons (Fsp3) is 0.0833. The first-order valence-electron chi connectivity index (χ1n) is 5.07. The maximum Gasteiger partial charge on any atom is 0.237 e. The van der Waals surface area contributed by atoms with Crippen molar-refractivity contribution in [1.29, 1.82) is 10.5 Å². The van der Waals surface area contributed by atoms with Crippen molar-refractivity contribution >= 4 is 22.3 Å². The summed E-state index contributed by atoms with van der Waals surface area (Å²) in [5, 5.41) is 21.9. The van der Waals surface area contributed by atoms with Gasteiger partial charge in [-0.15, -0.1) is 0 Å². The first-order valence-corrected chi connectivity index (χ1v) is 5.07. The first kappa shape index (κ1) is 11.5. The number of fused-ring (bicyclic) bond motifs is 1. The highest BCUT2D eigenvalue weighted by atomic mass is 16.5. The highest BCUT2D eigenvalue weighted by Gasteiger charge is 2.05. The van der Waals surface area contributed by atoms with Crippen LogP contribution in [0.25, 0.3) is 10.9 Å². The van der Waals surface area contributed by atoms with Gasteiger partial charge in [-0.2, -0.15) is 15.6 Å². The van der Waals surface area contributed by atoms with E-state index in [0.717, 1.165) is 10.9 Å². The van der Waals surface area contributed by atoms with E-state index in [2.05, 4.69) is 15.5 Å². The number of nitrogens with one attached hydrogen (secondary N) is 2. The maximum atomic E-state index is 8.60. The van der Waals surface area contributed by atoms with Crippen LogP contribution in [0.15, 0.2) is 29.5 Å². The summed E-state index contributed by atoms with van der Waals surface area (Å²) >= 11 is 0. The molecule has 0 radical (unpaired) electrons. The molecule has 88 valence electrons. The van der Waals surface area contributed by atoms with Crippen molar-refractivity contribution in [1.82, 2.24) is 4.98 Å². The van der Waals surface area contributed by atoms with E-state index in [1.807, 2.05) is 12.1 Å². The zero-order valence-corrected chi connectivity index (χ0v) is 9.56. The fourth-order valence-electron chi connectivity index (χ4n) is 1.54. The molecule has 2 aromatic rings. The number of hydrogen-bond donors (Lipinski definition) is 2. The molecule has 1 aromatic heterocycles. The van der Waals surface area contributed by atoms with Crippen LogP contribution < -0.4 is 10.2 Å². The molecular weight excluding hydrogens is 230 g/mol. The van der Waals surface area contributed by atoms with Crippen molar-refractivity contribution in [3.63, 3.8) is 0 Å². The minimum Gasteiger partial charge on any atom is -0.497 e. The normalized spacial score (nSPS) is 9.28. The molecule has 2 rings (SSSR count). The van der Waals surface area contributed by atoms with Gasteiger partial charge < -0.3 is 9.72 Å². The molecule has 0 saturated carbocycles. The summed E-state index contributed by atoms with van der Waals surface area (Å²) in [6.07, 6.45) is 1.79. The van der Waals surface area contributed by atoms with Crippen molar-refractivity contribution in [2.75, 3.05) is 12.5 Å². The highest BCUT2D eigenvalue weighted by molar-refractivity contribution is 6.10. The van der Waals surface area contributed by atoms with Crippen LogP contribution in [0.5, 0.6) is 5.75 Å². The molecule has 0 spiro atoms. The van der Waals surface area contributed by atoms with E-state index in [1.165, 1.54) is 0 Å². The summed E-state index contributed by atoms with van der Waals surface area (Å²) in [5.74, 6) is 0.662. The largest absolute Gasteiger partial charge is 0.497 e. The van der Waals surface area contributed by atoms with E-state index in [0.29, 0.717) is 11.4 Å². The predicted octanol–water partition coefficient (Wildman–Crippen LogP) is 1.99. The molecule has 1 heterocycles. The van der Waals surface area contributed by atoms with Crippen LogP contribution in [-0.4, -0.2) is 17.8 Å². The Morgan fingerprint density at radius 3 is 2.83 bits per heavy atom. The molecule has 0 aliphatic carbocycles. The molecule has 0 amide bonds. The van der Waals surface area contributed by atoms with Gasteiger partial charge in [-0.05, 0) is 12.1 Å². The number of aromatic amines is 1. The molecule has 2 N–H and O–H groups in total. The molecule has 0 saturated heterocycles. The highest BCUT2D eigenvalue weighted by Crippen LogP contribution is 2.28. The molecule has 0 aliphatic heterocycles. The number of rotatable bonds is 3. The number of ether oxygens (including phenoxy) is 1. The van der Waals surface area contributed by atoms with Gasteiger partial charge in [-0.25, -0.2) is 0 Å².